The summed E-state index contributed by atoms with van der Waals surface area (Å²) >= 11 is 1.56. The molecule has 0 aromatic carbocycles. The van der Waals surface area contributed by atoms with Gasteiger partial charge in [0, 0.05) is 11.3 Å². The highest BCUT2D eigenvalue weighted by atomic mass is 32.1. The number of rotatable bonds is 6. The van der Waals surface area contributed by atoms with Crippen LogP contribution in [0.3, 0.4) is 0 Å². The maximum Gasteiger partial charge on any atom is 0.152 e. The molecular formula is C11H16NS. The van der Waals surface area contributed by atoms with Gasteiger partial charge in [0.2, 0.25) is 0 Å². The third-order valence-corrected chi connectivity index (χ3v) is 2.74. The van der Waals surface area contributed by atoms with Crippen molar-refractivity contribution >= 4 is 11.3 Å². The Morgan fingerprint density at radius 2 is 2.62 bits per heavy atom. The molecule has 1 unspecified atom stereocenters. The van der Waals surface area contributed by atoms with Crippen molar-refractivity contribution in [3.8, 4) is 0 Å². The highest BCUT2D eigenvalue weighted by molar-refractivity contribution is 7.07. The number of thiazole rings is 1. The first-order valence-electron chi connectivity index (χ1n) is 4.80. The van der Waals surface area contributed by atoms with Gasteiger partial charge in [0.25, 0.3) is 0 Å². The summed E-state index contributed by atoms with van der Waals surface area (Å²) in [5, 5.41) is 2.10. The van der Waals surface area contributed by atoms with Gasteiger partial charge in [0.05, 0.1) is 5.69 Å². The minimum Gasteiger partial charge on any atom is -0.238 e. The lowest BCUT2D eigenvalue weighted by Gasteiger charge is -2.11. The minimum atomic E-state index is 0.569. The zero-order valence-corrected chi connectivity index (χ0v) is 8.94. The second kappa shape index (κ2) is 5.92. The highest BCUT2D eigenvalue weighted by Crippen LogP contribution is 2.25. The molecule has 1 nitrogen and oxygen atoms in total. The molecule has 0 N–H and O–H groups in total. The van der Waals surface area contributed by atoms with E-state index in [4.69, 9.17) is 0 Å². The van der Waals surface area contributed by atoms with Crippen molar-refractivity contribution in [2.75, 3.05) is 0 Å². The van der Waals surface area contributed by atoms with Crippen LogP contribution in [0.15, 0.2) is 18.0 Å². The van der Waals surface area contributed by atoms with E-state index in [2.05, 4.69) is 29.4 Å². The summed E-state index contributed by atoms with van der Waals surface area (Å²) in [7, 11) is 0. The Morgan fingerprint density at radius 3 is 3.15 bits per heavy atom. The van der Waals surface area contributed by atoms with Crippen LogP contribution in [-0.2, 0) is 0 Å². The third kappa shape index (κ3) is 3.31. The van der Waals surface area contributed by atoms with Gasteiger partial charge in [-0.25, -0.2) is 4.98 Å². The first kappa shape index (κ1) is 10.5. The molecule has 0 fully saturated rings. The average molecular weight is 194 g/mol. The number of aromatic nitrogens is 1. The second-order valence-electron chi connectivity index (χ2n) is 3.23. The van der Waals surface area contributed by atoms with Gasteiger partial charge in [0.15, 0.2) is 5.51 Å². The van der Waals surface area contributed by atoms with Crippen LogP contribution in [0.4, 0.5) is 0 Å². The standard InChI is InChI=1S/C11H16NS/c1-3-5-7-10(6-4-2)11-8-13-9-12-11/h4,8,10H,2-3,5-7H2,1H3. The van der Waals surface area contributed by atoms with Gasteiger partial charge in [-0.2, -0.15) is 0 Å². The lowest BCUT2D eigenvalue weighted by atomic mass is 9.96. The van der Waals surface area contributed by atoms with Gasteiger partial charge in [0.1, 0.15) is 0 Å². The number of hydrogen-bond acceptors (Lipinski definition) is 2. The SMILES string of the molecule is C=CCC(CCCC)c1cs[c]n1. The molecule has 0 spiro atoms. The largest absolute Gasteiger partial charge is 0.238 e. The van der Waals surface area contributed by atoms with E-state index in [1.807, 2.05) is 6.08 Å². The van der Waals surface area contributed by atoms with Gasteiger partial charge in [-0.05, 0) is 12.8 Å². The highest BCUT2D eigenvalue weighted by Gasteiger charge is 2.10. The van der Waals surface area contributed by atoms with Crippen LogP contribution >= 0.6 is 11.3 Å². The molecule has 0 aliphatic heterocycles. The van der Waals surface area contributed by atoms with Crippen molar-refractivity contribution in [3.63, 3.8) is 0 Å². The van der Waals surface area contributed by atoms with E-state index in [0.717, 1.165) is 6.42 Å². The van der Waals surface area contributed by atoms with E-state index in [1.54, 1.807) is 11.3 Å². The molecule has 1 aromatic rings. The summed E-state index contributed by atoms with van der Waals surface area (Å²) in [5.74, 6) is 0.569. The molecule has 1 heterocycles. The number of hydrogen-bond donors (Lipinski definition) is 0. The van der Waals surface area contributed by atoms with Crippen LogP contribution in [-0.4, -0.2) is 4.98 Å². The maximum atomic E-state index is 4.23. The fourth-order valence-electron chi connectivity index (χ4n) is 1.42. The van der Waals surface area contributed by atoms with E-state index >= 15 is 0 Å². The zero-order valence-electron chi connectivity index (χ0n) is 8.12. The average Bonchev–Trinajstić information content (AvgIpc) is 2.65. The predicted molar refractivity (Wildman–Crippen MR) is 58.0 cm³/mol. The van der Waals surface area contributed by atoms with E-state index in [-0.39, 0.29) is 0 Å². The first-order valence-corrected chi connectivity index (χ1v) is 5.68. The first-order chi connectivity index (χ1) is 6.38. The lowest BCUT2D eigenvalue weighted by molar-refractivity contribution is 0.580. The molecule has 13 heavy (non-hydrogen) atoms. The molecule has 71 valence electrons. The topological polar surface area (TPSA) is 12.9 Å². The Balaban J connectivity index is 2.51. The van der Waals surface area contributed by atoms with E-state index in [0.29, 0.717) is 5.92 Å². The van der Waals surface area contributed by atoms with Crippen LogP contribution in [0.5, 0.6) is 0 Å². The van der Waals surface area contributed by atoms with Gasteiger partial charge in [-0.1, -0.05) is 25.8 Å². The van der Waals surface area contributed by atoms with Gasteiger partial charge < -0.3 is 0 Å². The summed E-state index contributed by atoms with van der Waals surface area (Å²) in [6, 6.07) is 0. The molecule has 2 heteroatoms. The molecular weight excluding hydrogens is 178 g/mol. The van der Waals surface area contributed by atoms with Gasteiger partial charge >= 0.3 is 0 Å². The molecule has 0 saturated carbocycles. The fourth-order valence-corrected chi connectivity index (χ4v) is 1.99. The molecule has 1 rings (SSSR count). The smallest absolute Gasteiger partial charge is 0.152 e. The van der Waals surface area contributed by atoms with E-state index < -0.39 is 0 Å². The quantitative estimate of drug-likeness (QED) is 0.628. The molecule has 1 atom stereocenters. The van der Waals surface area contributed by atoms with Crippen molar-refractivity contribution in [1.29, 1.82) is 0 Å². The van der Waals surface area contributed by atoms with Crippen LogP contribution in [0.25, 0.3) is 0 Å². The number of allylic oxidation sites excluding steroid dienone is 1. The summed E-state index contributed by atoms with van der Waals surface area (Å²) in [6.45, 7) is 6.00. The molecule has 0 bridgehead atoms. The molecule has 0 aliphatic rings. The second-order valence-corrected chi connectivity index (χ2v) is 3.88. The maximum absolute atomic E-state index is 4.23. The van der Waals surface area contributed by atoms with Crippen molar-refractivity contribution in [2.45, 2.75) is 38.5 Å². The summed E-state index contributed by atoms with van der Waals surface area (Å²) in [4.78, 5) is 4.23. The number of nitrogens with zero attached hydrogens (tertiary/aromatic N) is 1. The lowest BCUT2D eigenvalue weighted by Crippen LogP contribution is -1.97. The zero-order chi connectivity index (χ0) is 9.52. The molecule has 0 saturated heterocycles. The van der Waals surface area contributed by atoms with Crippen LogP contribution < -0.4 is 0 Å². The molecule has 0 aliphatic carbocycles. The predicted octanol–water partition coefficient (Wildman–Crippen LogP) is 3.79. The fraction of sp³-hybridized carbons (Fsp3) is 0.545. The molecule has 1 radical (unpaired) electrons. The van der Waals surface area contributed by atoms with E-state index in [1.165, 1.54) is 25.0 Å². The monoisotopic (exact) mass is 194 g/mol. The Labute approximate surface area is 84.5 Å². The van der Waals surface area contributed by atoms with Crippen molar-refractivity contribution in [3.05, 3.63) is 29.2 Å². The van der Waals surface area contributed by atoms with Gasteiger partial charge in [-0.15, -0.1) is 17.9 Å². The summed E-state index contributed by atoms with van der Waals surface area (Å²) in [6.07, 6.45) is 6.77. The third-order valence-electron chi connectivity index (χ3n) is 2.18. The molecule has 1 aromatic heterocycles. The van der Waals surface area contributed by atoms with Crippen molar-refractivity contribution in [1.82, 2.24) is 4.98 Å². The molecule has 0 amide bonds. The van der Waals surface area contributed by atoms with Crippen LogP contribution in [0.1, 0.15) is 44.2 Å². The Hall–Kier alpha value is -0.630. The summed E-state index contributed by atoms with van der Waals surface area (Å²) < 4.78 is 0. The van der Waals surface area contributed by atoms with Crippen LogP contribution in [0, 0.1) is 5.51 Å². The van der Waals surface area contributed by atoms with Crippen LogP contribution in [0.2, 0.25) is 0 Å². The number of unbranched alkanes of at least 4 members (excludes halogenated alkanes) is 1. The van der Waals surface area contributed by atoms with E-state index in [9.17, 15) is 0 Å². The normalized spacial score (nSPS) is 12.7. The van der Waals surface area contributed by atoms with Crippen molar-refractivity contribution in [2.24, 2.45) is 0 Å². The Kier molecular flexibility index (Phi) is 4.76. The summed E-state index contributed by atoms with van der Waals surface area (Å²) in [5.41, 5.74) is 4.10. The van der Waals surface area contributed by atoms with Crippen molar-refractivity contribution < 1.29 is 0 Å². The Bertz CT molecular complexity index is 228. The Morgan fingerprint density at radius 1 is 1.77 bits per heavy atom. The van der Waals surface area contributed by atoms with Gasteiger partial charge in [-0.3, -0.25) is 0 Å². The minimum absolute atomic E-state index is 0.569.